The molecule has 1 N–H and O–H groups in total. The summed E-state index contributed by atoms with van der Waals surface area (Å²) in [4.78, 5) is 16.3. The zero-order valence-electron chi connectivity index (χ0n) is 11.7. The van der Waals surface area contributed by atoms with Crippen LogP contribution in [0, 0.1) is 11.7 Å². The van der Waals surface area contributed by atoms with Crippen LogP contribution in [0.4, 0.5) is 10.1 Å². The molecule has 0 unspecified atom stereocenters. The fraction of sp³-hybridized carbons (Fsp3) is 0.250. The zero-order valence-corrected chi connectivity index (χ0v) is 13.3. The Labute approximate surface area is 135 Å². The van der Waals surface area contributed by atoms with Gasteiger partial charge < -0.3 is 10.1 Å². The fourth-order valence-electron chi connectivity index (χ4n) is 1.90. The minimum absolute atomic E-state index is 0.300. The molecule has 1 amide bonds. The van der Waals surface area contributed by atoms with E-state index >= 15 is 0 Å². The summed E-state index contributed by atoms with van der Waals surface area (Å²) in [6.07, 6.45) is 3.92. The third-order valence-corrected chi connectivity index (χ3v) is 4.00. The van der Waals surface area contributed by atoms with E-state index in [2.05, 4.69) is 26.2 Å². The normalized spacial score (nSPS) is 13.7. The Morgan fingerprint density at radius 3 is 2.91 bits per heavy atom. The lowest BCUT2D eigenvalue weighted by Gasteiger charge is -2.09. The van der Waals surface area contributed by atoms with Crippen molar-refractivity contribution in [3.63, 3.8) is 0 Å². The molecule has 2 aromatic rings. The second kappa shape index (κ2) is 6.44. The predicted octanol–water partition coefficient (Wildman–Crippen LogP) is 4.02. The lowest BCUT2D eigenvalue weighted by molar-refractivity contribution is 0.102. The molecule has 22 heavy (non-hydrogen) atoms. The topological polar surface area (TPSA) is 51.2 Å². The first-order valence-electron chi connectivity index (χ1n) is 6.97. The average molecular weight is 365 g/mol. The van der Waals surface area contributed by atoms with Gasteiger partial charge in [0, 0.05) is 22.3 Å². The average Bonchev–Trinajstić information content (AvgIpc) is 3.32. The number of nitrogens with zero attached hydrogens (tertiary/aromatic N) is 1. The molecule has 6 heteroatoms. The number of aromatic nitrogens is 1. The van der Waals surface area contributed by atoms with Gasteiger partial charge in [0.2, 0.25) is 5.88 Å². The third-order valence-electron chi connectivity index (χ3n) is 3.34. The Balaban J connectivity index is 1.69. The molecular weight excluding hydrogens is 351 g/mol. The quantitative estimate of drug-likeness (QED) is 0.871. The maximum Gasteiger partial charge on any atom is 0.255 e. The van der Waals surface area contributed by atoms with Crippen LogP contribution in [-0.4, -0.2) is 17.5 Å². The van der Waals surface area contributed by atoms with Gasteiger partial charge in [-0.2, -0.15) is 0 Å². The summed E-state index contributed by atoms with van der Waals surface area (Å²) in [6, 6.07) is 7.30. The van der Waals surface area contributed by atoms with Gasteiger partial charge in [0.15, 0.2) is 0 Å². The van der Waals surface area contributed by atoms with E-state index in [1.165, 1.54) is 37.2 Å². The number of carbonyl (C=O) groups is 1. The van der Waals surface area contributed by atoms with E-state index in [4.69, 9.17) is 4.74 Å². The van der Waals surface area contributed by atoms with E-state index < -0.39 is 0 Å². The molecule has 1 saturated carbocycles. The molecule has 1 aromatic carbocycles. The highest BCUT2D eigenvalue weighted by molar-refractivity contribution is 9.10. The van der Waals surface area contributed by atoms with Gasteiger partial charge in [0.1, 0.15) is 5.82 Å². The highest BCUT2D eigenvalue weighted by Crippen LogP contribution is 2.29. The lowest BCUT2D eigenvalue weighted by atomic mass is 10.2. The van der Waals surface area contributed by atoms with E-state index in [1.807, 2.05) is 0 Å². The van der Waals surface area contributed by atoms with Gasteiger partial charge in [-0.25, -0.2) is 9.37 Å². The van der Waals surface area contributed by atoms with Crippen molar-refractivity contribution in [2.24, 2.45) is 5.92 Å². The Morgan fingerprint density at radius 2 is 2.18 bits per heavy atom. The van der Waals surface area contributed by atoms with Crippen LogP contribution < -0.4 is 10.1 Å². The van der Waals surface area contributed by atoms with Crippen LogP contribution in [-0.2, 0) is 0 Å². The fourth-order valence-corrected chi connectivity index (χ4v) is 2.35. The minimum Gasteiger partial charge on any atom is -0.477 e. The molecule has 0 radical (unpaired) electrons. The summed E-state index contributed by atoms with van der Waals surface area (Å²) in [6.45, 7) is 0.640. The lowest BCUT2D eigenvalue weighted by Crippen LogP contribution is -2.13. The first kappa shape index (κ1) is 15.0. The molecule has 1 aliphatic rings. The summed E-state index contributed by atoms with van der Waals surface area (Å²) < 4.78 is 19.1. The number of benzene rings is 1. The van der Waals surface area contributed by atoms with Crippen LogP contribution in [0.5, 0.6) is 5.88 Å². The number of amides is 1. The van der Waals surface area contributed by atoms with Crippen molar-refractivity contribution in [1.29, 1.82) is 0 Å². The SMILES string of the molecule is O=C(Nc1ccc(F)cc1Br)c1ccnc(OCC2CC2)c1. The molecule has 0 saturated heterocycles. The van der Waals surface area contributed by atoms with Crippen LogP contribution in [0.2, 0.25) is 0 Å². The predicted molar refractivity (Wildman–Crippen MR) is 84.5 cm³/mol. The number of carbonyl (C=O) groups excluding carboxylic acids is 1. The van der Waals surface area contributed by atoms with Crippen LogP contribution in [0.15, 0.2) is 41.0 Å². The van der Waals surface area contributed by atoms with Gasteiger partial charge in [0.25, 0.3) is 5.91 Å². The van der Waals surface area contributed by atoms with Crippen molar-refractivity contribution in [3.05, 3.63) is 52.4 Å². The van der Waals surface area contributed by atoms with Crippen molar-refractivity contribution in [1.82, 2.24) is 4.98 Å². The zero-order chi connectivity index (χ0) is 15.5. The van der Waals surface area contributed by atoms with Crippen LogP contribution in [0.1, 0.15) is 23.2 Å². The Hall–Kier alpha value is -1.95. The molecule has 114 valence electrons. The van der Waals surface area contributed by atoms with Gasteiger partial charge in [-0.1, -0.05) is 0 Å². The Kier molecular flexibility index (Phi) is 4.38. The van der Waals surface area contributed by atoms with Crippen molar-refractivity contribution in [3.8, 4) is 5.88 Å². The molecule has 1 aliphatic carbocycles. The second-order valence-electron chi connectivity index (χ2n) is 5.22. The number of ether oxygens (including phenoxy) is 1. The smallest absolute Gasteiger partial charge is 0.255 e. The number of hydrogen-bond acceptors (Lipinski definition) is 3. The summed E-state index contributed by atoms with van der Waals surface area (Å²) >= 11 is 3.22. The molecule has 3 rings (SSSR count). The number of anilines is 1. The number of halogens is 2. The highest BCUT2D eigenvalue weighted by Gasteiger charge is 2.22. The van der Waals surface area contributed by atoms with Crippen LogP contribution >= 0.6 is 15.9 Å². The number of pyridine rings is 1. The number of rotatable bonds is 5. The molecule has 1 heterocycles. The first-order valence-corrected chi connectivity index (χ1v) is 7.76. The minimum atomic E-state index is -0.371. The second-order valence-corrected chi connectivity index (χ2v) is 6.07. The maximum atomic E-state index is 13.0. The van der Waals surface area contributed by atoms with E-state index in [0.717, 1.165) is 0 Å². The molecule has 0 spiro atoms. The molecular formula is C16H14BrFN2O2. The van der Waals surface area contributed by atoms with E-state index in [1.54, 1.807) is 12.1 Å². The standard InChI is InChI=1S/C16H14BrFN2O2/c17-13-8-12(18)3-4-14(13)20-16(21)11-5-6-19-15(7-11)22-9-10-1-2-10/h3-8,10H,1-2,9H2,(H,20,21). The molecule has 0 bridgehead atoms. The maximum absolute atomic E-state index is 13.0. The molecule has 1 fully saturated rings. The highest BCUT2D eigenvalue weighted by atomic mass is 79.9. The van der Waals surface area contributed by atoms with Crippen molar-refractivity contribution >= 4 is 27.5 Å². The molecule has 4 nitrogen and oxygen atoms in total. The largest absolute Gasteiger partial charge is 0.477 e. The third kappa shape index (κ3) is 3.82. The first-order chi connectivity index (χ1) is 10.6. The van der Waals surface area contributed by atoms with Crippen LogP contribution in [0.3, 0.4) is 0 Å². The molecule has 0 atom stereocenters. The van der Waals surface area contributed by atoms with E-state index in [-0.39, 0.29) is 11.7 Å². The van der Waals surface area contributed by atoms with E-state index in [0.29, 0.717) is 34.1 Å². The van der Waals surface area contributed by atoms with Gasteiger partial charge >= 0.3 is 0 Å². The van der Waals surface area contributed by atoms with Gasteiger partial charge in [-0.3, -0.25) is 4.79 Å². The number of nitrogens with one attached hydrogen (secondary N) is 1. The van der Waals surface area contributed by atoms with Crippen molar-refractivity contribution in [2.75, 3.05) is 11.9 Å². The summed E-state index contributed by atoms with van der Waals surface area (Å²) in [5.41, 5.74) is 0.945. The summed E-state index contributed by atoms with van der Waals surface area (Å²) in [7, 11) is 0. The van der Waals surface area contributed by atoms with Gasteiger partial charge in [-0.05, 0) is 59.0 Å². The summed E-state index contributed by atoms with van der Waals surface area (Å²) in [5, 5.41) is 2.72. The van der Waals surface area contributed by atoms with Gasteiger partial charge in [-0.15, -0.1) is 0 Å². The van der Waals surface area contributed by atoms with Crippen molar-refractivity contribution < 1.29 is 13.9 Å². The number of hydrogen-bond donors (Lipinski definition) is 1. The molecule has 0 aliphatic heterocycles. The Morgan fingerprint density at radius 1 is 1.36 bits per heavy atom. The van der Waals surface area contributed by atoms with Gasteiger partial charge in [0.05, 0.1) is 12.3 Å². The monoisotopic (exact) mass is 364 g/mol. The van der Waals surface area contributed by atoms with E-state index in [9.17, 15) is 9.18 Å². The Bertz CT molecular complexity index is 704. The summed E-state index contributed by atoms with van der Waals surface area (Å²) in [5.74, 6) is 0.391. The molecule has 1 aromatic heterocycles. The van der Waals surface area contributed by atoms with Crippen LogP contribution in [0.25, 0.3) is 0 Å². The van der Waals surface area contributed by atoms with Crippen molar-refractivity contribution in [2.45, 2.75) is 12.8 Å².